The van der Waals surface area contributed by atoms with Crippen molar-refractivity contribution in [3.8, 4) is 0 Å². The molecule has 1 fully saturated rings. The lowest BCUT2D eigenvalue weighted by atomic mass is 9.67. The average molecular weight is 417 g/mol. The van der Waals surface area contributed by atoms with Crippen molar-refractivity contribution in [2.45, 2.75) is 44.1 Å². The summed E-state index contributed by atoms with van der Waals surface area (Å²) in [6, 6.07) is 19.0. The van der Waals surface area contributed by atoms with E-state index in [1.165, 1.54) is 24.0 Å². The van der Waals surface area contributed by atoms with Gasteiger partial charge in [-0.25, -0.2) is 0 Å². The van der Waals surface area contributed by atoms with Crippen LogP contribution < -0.4 is 5.32 Å². The molecule has 1 heterocycles. The normalized spacial score (nSPS) is 21.9. The number of hydrogen-bond donors (Lipinski definition) is 1. The maximum Gasteiger partial charge on any atom is 0.255 e. The van der Waals surface area contributed by atoms with Crippen molar-refractivity contribution in [1.82, 2.24) is 10.2 Å². The maximum atomic E-state index is 14.1. The number of carbonyl (C=O) groups excluding carboxylic acids is 1. The summed E-state index contributed by atoms with van der Waals surface area (Å²) in [6.07, 6.45) is 7.53. The summed E-state index contributed by atoms with van der Waals surface area (Å²) in [4.78, 5) is 16.1. The fraction of sp³-hybridized carbons (Fsp3) is 0.346. The zero-order valence-electron chi connectivity index (χ0n) is 17.3. The molecule has 154 valence electrons. The summed E-state index contributed by atoms with van der Waals surface area (Å²) in [6.45, 7) is 4.51. The molecule has 1 saturated carbocycles. The van der Waals surface area contributed by atoms with Gasteiger partial charge in [-0.05, 0) is 30.4 Å². The van der Waals surface area contributed by atoms with Gasteiger partial charge in [0.15, 0.2) is 5.50 Å². The van der Waals surface area contributed by atoms with Gasteiger partial charge in [0.2, 0.25) is 0 Å². The minimum absolute atomic E-state index is 0.0171. The van der Waals surface area contributed by atoms with Crippen LogP contribution in [-0.4, -0.2) is 22.1 Å². The van der Waals surface area contributed by atoms with Crippen molar-refractivity contribution < 1.29 is 4.79 Å². The van der Waals surface area contributed by atoms with Gasteiger partial charge in [-0.3, -0.25) is 4.79 Å². The number of fused-ring (bicyclic) bond motifs is 3. The Morgan fingerprint density at radius 1 is 1.10 bits per heavy atom. The van der Waals surface area contributed by atoms with E-state index in [0.717, 1.165) is 41.8 Å². The number of hydrogen-bond acceptors (Lipinski definition) is 3. The van der Waals surface area contributed by atoms with Crippen LogP contribution in [-0.2, 0) is 17.8 Å². The van der Waals surface area contributed by atoms with Crippen molar-refractivity contribution in [1.29, 1.82) is 0 Å². The molecule has 30 heavy (non-hydrogen) atoms. The van der Waals surface area contributed by atoms with Gasteiger partial charge >= 0.3 is 0 Å². The molecule has 1 aliphatic heterocycles. The van der Waals surface area contributed by atoms with Crippen molar-refractivity contribution in [3.63, 3.8) is 0 Å². The zero-order chi connectivity index (χ0) is 20.6. The summed E-state index contributed by atoms with van der Waals surface area (Å²) in [7, 11) is 0. The molecule has 2 aliphatic carbocycles. The molecule has 1 N–H and O–H groups in total. The largest absolute Gasteiger partial charge is 0.356 e. The summed E-state index contributed by atoms with van der Waals surface area (Å²) >= 11 is 1.73. The Morgan fingerprint density at radius 3 is 2.60 bits per heavy atom. The number of thioether (sulfide) groups is 1. The lowest BCUT2D eigenvalue weighted by Crippen LogP contribution is -2.54. The Morgan fingerprint density at radius 2 is 1.83 bits per heavy atom. The lowest BCUT2D eigenvalue weighted by Gasteiger charge is -2.47. The molecule has 3 aliphatic rings. The van der Waals surface area contributed by atoms with Gasteiger partial charge in [0, 0.05) is 28.8 Å². The predicted octanol–water partition coefficient (Wildman–Crippen LogP) is 5.35. The number of rotatable bonds is 5. The quantitative estimate of drug-likeness (QED) is 0.667. The number of benzene rings is 2. The Balaban J connectivity index is 1.61. The third-order valence-corrected chi connectivity index (χ3v) is 7.87. The first-order chi connectivity index (χ1) is 14.7. The van der Waals surface area contributed by atoms with Crippen LogP contribution in [0.15, 0.2) is 72.8 Å². The molecule has 0 bridgehead atoms. The molecule has 0 radical (unpaired) electrons. The highest BCUT2D eigenvalue weighted by Crippen LogP contribution is 2.54. The Bertz CT molecular complexity index is 991. The predicted molar refractivity (Wildman–Crippen MR) is 125 cm³/mol. The molecule has 1 spiro atoms. The van der Waals surface area contributed by atoms with Gasteiger partial charge in [0.05, 0.1) is 5.70 Å². The van der Waals surface area contributed by atoms with E-state index in [9.17, 15) is 4.79 Å². The number of carbonyl (C=O) groups is 1. The van der Waals surface area contributed by atoms with E-state index in [-0.39, 0.29) is 16.8 Å². The number of nitrogens with zero attached hydrogens (tertiary/aromatic N) is 1. The van der Waals surface area contributed by atoms with Crippen LogP contribution in [0.1, 0.15) is 42.4 Å². The maximum absolute atomic E-state index is 14.1. The first-order valence-electron chi connectivity index (χ1n) is 10.9. The van der Waals surface area contributed by atoms with Crippen molar-refractivity contribution in [2.24, 2.45) is 5.41 Å². The summed E-state index contributed by atoms with van der Waals surface area (Å²) in [5.41, 5.74) is 5.75. The van der Waals surface area contributed by atoms with Gasteiger partial charge in [0.1, 0.15) is 0 Å². The van der Waals surface area contributed by atoms with E-state index >= 15 is 0 Å². The Hall–Kier alpha value is -2.46. The zero-order valence-corrected chi connectivity index (χ0v) is 18.1. The van der Waals surface area contributed by atoms with Gasteiger partial charge in [0.25, 0.3) is 5.91 Å². The van der Waals surface area contributed by atoms with Crippen LogP contribution in [0.3, 0.4) is 0 Å². The van der Waals surface area contributed by atoms with E-state index in [1.54, 1.807) is 11.8 Å². The highest BCUT2D eigenvalue weighted by atomic mass is 32.2. The van der Waals surface area contributed by atoms with Gasteiger partial charge in [-0.1, -0.05) is 73.5 Å². The molecule has 2 aromatic carbocycles. The smallest absolute Gasteiger partial charge is 0.255 e. The number of amides is 1. The molecule has 0 unspecified atom stereocenters. The third kappa shape index (κ3) is 3.27. The fourth-order valence-corrected chi connectivity index (χ4v) is 6.28. The van der Waals surface area contributed by atoms with E-state index in [0.29, 0.717) is 6.54 Å². The molecule has 0 aromatic heterocycles. The topological polar surface area (TPSA) is 32.3 Å². The monoisotopic (exact) mass is 416 g/mol. The summed E-state index contributed by atoms with van der Waals surface area (Å²) < 4.78 is 0. The molecule has 4 heteroatoms. The van der Waals surface area contributed by atoms with E-state index in [1.807, 2.05) is 29.2 Å². The second-order valence-corrected chi connectivity index (χ2v) is 9.72. The minimum atomic E-state index is -0.0981. The van der Waals surface area contributed by atoms with Gasteiger partial charge in [-0.15, -0.1) is 18.3 Å². The van der Waals surface area contributed by atoms with Crippen LogP contribution in [0.2, 0.25) is 0 Å². The molecular weight excluding hydrogens is 388 g/mol. The average Bonchev–Trinajstić information content (AvgIpc) is 3.23. The molecule has 1 atom stereocenters. The summed E-state index contributed by atoms with van der Waals surface area (Å²) in [5, 5.41) is 3.80. The summed E-state index contributed by atoms with van der Waals surface area (Å²) in [5.74, 6) is 1.01. The highest BCUT2D eigenvalue weighted by molar-refractivity contribution is 8.00. The van der Waals surface area contributed by atoms with E-state index in [4.69, 9.17) is 0 Å². The molecule has 3 nitrogen and oxygen atoms in total. The molecule has 2 aromatic rings. The fourth-order valence-electron chi connectivity index (χ4n) is 5.41. The molecular formula is C26H28N2OS. The van der Waals surface area contributed by atoms with E-state index < -0.39 is 0 Å². The third-order valence-electron chi connectivity index (χ3n) is 6.75. The van der Waals surface area contributed by atoms with Crippen LogP contribution in [0.4, 0.5) is 0 Å². The lowest BCUT2D eigenvalue weighted by molar-refractivity contribution is -0.130. The first-order valence-corrected chi connectivity index (χ1v) is 11.9. The van der Waals surface area contributed by atoms with Crippen LogP contribution in [0.25, 0.3) is 5.70 Å². The molecule has 1 amide bonds. The highest BCUT2D eigenvalue weighted by Gasteiger charge is 2.50. The SMILES string of the molecule is C=CCS[C@@H]1NC2=C(C(=O)N1Cc1ccccc1)C1(CCCC1)Cc1ccccc12. The van der Waals surface area contributed by atoms with Crippen LogP contribution in [0, 0.1) is 5.41 Å². The molecule has 0 saturated heterocycles. The van der Waals surface area contributed by atoms with Gasteiger partial charge < -0.3 is 10.2 Å². The Labute approximate surface area is 183 Å². The first kappa shape index (κ1) is 19.5. The van der Waals surface area contributed by atoms with E-state index in [2.05, 4.69) is 48.3 Å². The minimum Gasteiger partial charge on any atom is -0.356 e. The Kier molecular flexibility index (Phi) is 5.20. The van der Waals surface area contributed by atoms with Crippen LogP contribution in [0.5, 0.6) is 0 Å². The van der Waals surface area contributed by atoms with Crippen molar-refractivity contribution >= 4 is 23.4 Å². The molecule has 5 rings (SSSR count). The van der Waals surface area contributed by atoms with Crippen molar-refractivity contribution in [2.75, 3.05) is 5.75 Å². The second kappa shape index (κ2) is 7.99. The number of nitrogens with one attached hydrogen (secondary N) is 1. The second-order valence-electron chi connectivity index (χ2n) is 8.61. The standard InChI is InChI=1S/C26H28N2OS/c1-2-16-30-25-27-23-21-13-7-6-12-20(21)17-26(14-8-9-15-26)22(23)24(29)28(25)18-19-10-4-3-5-11-19/h2-7,10-13,25,27H,1,8-9,14-18H2/t25-/m1/s1. The van der Waals surface area contributed by atoms with Gasteiger partial charge in [-0.2, -0.15) is 0 Å². The van der Waals surface area contributed by atoms with Crippen LogP contribution >= 0.6 is 11.8 Å². The van der Waals surface area contributed by atoms with Crippen molar-refractivity contribution in [3.05, 3.63) is 89.5 Å².